The normalized spacial score (nSPS) is 13.5. The molecule has 0 saturated heterocycles. The zero-order valence-electron chi connectivity index (χ0n) is 37.6. The van der Waals surface area contributed by atoms with E-state index in [0.29, 0.717) is 46.1 Å². The van der Waals surface area contributed by atoms with Gasteiger partial charge in [0.1, 0.15) is 0 Å². The van der Waals surface area contributed by atoms with Crippen molar-refractivity contribution in [3.8, 4) is 0 Å². The fraction of sp³-hybridized carbons (Fsp3) is 0.228. The van der Waals surface area contributed by atoms with Crippen LogP contribution in [0, 0.1) is 0 Å². The summed E-state index contributed by atoms with van der Waals surface area (Å²) >= 11 is 0. The molecule has 0 heterocycles. The zero-order chi connectivity index (χ0) is 47.1. The molecule has 0 aliphatic heterocycles. The van der Waals surface area contributed by atoms with Gasteiger partial charge in [-0.15, -0.1) is 0 Å². The van der Waals surface area contributed by atoms with Gasteiger partial charge in [0.05, 0.1) is 17.0 Å². The zero-order valence-corrected chi connectivity index (χ0v) is 37.6. The second kappa shape index (κ2) is 17.7. The molecule has 3 nitrogen and oxygen atoms in total. The van der Waals surface area contributed by atoms with Crippen LogP contribution in [0.5, 0.6) is 0 Å². The molecule has 0 fully saturated rings. The second-order valence-electron chi connectivity index (χ2n) is 17.9. The third-order valence-electron chi connectivity index (χ3n) is 13.3. The third kappa shape index (κ3) is 8.30. The summed E-state index contributed by atoms with van der Waals surface area (Å²) in [6.07, 6.45) is -9.43. The molecule has 9 heteroatoms. The lowest BCUT2D eigenvalue weighted by molar-refractivity contribution is -0.288. The molecule has 1 N–H and O–H groups in total. The third-order valence-corrected chi connectivity index (χ3v) is 13.3. The van der Waals surface area contributed by atoms with Gasteiger partial charge in [0, 0.05) is 33.5 Å². The lowest BCUT2D eigenvalue weighted by Crippen LogP contribution is -2.54. The molecule has 0 unspecified atom stereocenters. The second-order valence-corrected chi connectivity index (χ2v) is 17.9. The van der Waals surface area contributed by atoms with Crippen molar-refractivity contribution in [1.82, 2.24) is 0 Å². The molecular formula is C57H52F6N2O. The number of benzene rings is 8. The number of hydrogen-bond acceptors (Lipinski definition) is 3. The average molecular weight is 895 g/mol. The van der Waals surface area contributed by atoms with Crippen LogP contribution in [0.25, 0.3) is 21.5 Å². The van der Waals surface area contributed by atoms with E-state index >= 15 is 26.3 Å². The van der Waals surface area contributed by atoms with Crippen molar-refractivity contribution in [2.24, 2.45) is 0 Å². The number of halogens is 6. The van der Waals surface area contributed by atoms with Crippen LogP contribution < -0.4 is 9.80 Å². The first-order valence-corrected chi connectivity index (χ1v) is 22.2. The minimum Gasteiger partial charge on any atom is -0.385 e. The van der Waals surface area contributed by atoms with Crippen molar-refractivity contribution in [3.63, 3.8) is 0 Å². The summed E-state index contributed by atoms with van der Waals surface area (Å²) < 4.78 is 94.6. The molecule has 8 aromatic carbocycles. The number of fused-ring (bicyclic) bond motifs is 2. The Kier molecular flexibility index (Phi) is 12.3. The molecule has 0 aromatic heterocycles. The quantitative estimate of drug-likeness (QED) is 0.117. The molecular weight excluding hydrogens is 843 g/mol. The summed E-state index contributed by atoms with van der Waals surface area (Å²) in [6, 6.07) is 50.8. The van der Waals surface area contributed by atoms with Crippen LogP contribution in [0.1, 0.15) is 76.1 Å². The number of hydrogen-bond donors (Lipinski definition) is 1. The molecule has 0 aliphatic rings. The maximum Gasteiger partial charge on any atom is 0.411 e. The Labute approximate surface area is 382 Å². The van der Waals surface area contributed by atoms with E-state index in [1.165, 1.54) is 24.3 Å². The number of alkyl halides is 6. The van der Waals surface area contributed by atoms with Gasteiger partial charge in [-0.05, 0) is 119 Å². The summed E-state index contributed by atoms with van der Waals surface area (Å²) in [4.78, 5) is 3.67. The highest BCUT2D eigenvalue weighted by atomic mass is 19.4. The van der Waals surface area contributed by atoms with Crippen LogP contribution in [-0.4, -0.2) is 17.5 Å². The molecule has 8 aromatic rings. The van der Waals surface area contributed by atoms with Gasteiger partial charge in [-0.2, -0.15) is 26.3 Å². The van der Waals surface area contributed by atoms with Crippen molar-refractivity contribution in [3.05, 3.63) is 204 Å². The van der Waals surface area contributed by atoms with Crippen LogP contribution in [0.2, 0.25) is 0 Å². The Morgan fingerprint density at radius 1 is 0.409 bits per heavy atom. The topological polar surface area (TPSA) is 26.7 Å². The van der Waals surface area contributed by atoms with Crippen molar-refractivity contribution in [2.75, 3.05) is 9.80 Å². The predicted octanol–water partition coefficient (Wildman–Crippen LogP) is 17.0. The van der Waals surface area contributed by atoms with E-state index in [0.717, 1.165) is 64.2 Å². The first kappa shape index (κ1) is 46.0. The fourth-order valence-electron chi connectivity index (χ4n) is 9.23. The Morgan fingerprint density at radius 2 is 0.742 bits per heavy atom. The van der Waals surface area contributed by atoms with Crippen LogP contribution in [0.15, 0.2) is 182 Å². The largest absolute Gasteiger partial charge is 0.411 e. The first-order chi connectivity index (χ1) is 31.4. The summed E-state index contributed by atoms with van der Waals surface area (Å²) in [5, 5.41) is 14.7. The standard InChI is InChI=1S/C57H52F6N2O/c1-6-38-54(5,66)42-24-32-46(33-25-42)65(52-21-13-17-40-15-9-11-19-50(40)52)48-36-28-44(29-37-48)55(56(58,59)60,57(61,62)63)43-26-34-47(35-27-43)64(45-30-22-41(23-31-45)53(3,4)7-2)51-20-12-16-39-14-8-10-18-49(39)51/h8-37,66H,6-7,38H2,1-5H3/t54-/m1/s1. The van der Waals surface area contributed by atoms with E-state index in [2.05, 4.69) is 20.8 Å². The number of aliphatic hydroxyl groups is 1. The summed E-state index contributed by atoms with van der Waals surface area (Å²) in [6.45, 7) is 10.1. The van der Waals surface area contributed by atoms with E-state index in [4.69, 9.17) is 0 Å². The van der Waals surface area contributed by atoms with Gasteiger partial charge in [-0.25, -0.2) is 0 Å². The van der Waals surface area contributed by atoms with Gasteiger partial charge in [0.15, 0.2) is 0 Å². The highest BCUT2D eigenvalue weighted by Gasteiger charge is 2.72. The summed E-state index contributed by atoms with van der Waals surface area (Å²) in [7, 11) is 0. The molecule has 0 saturated carbocycles. The molecule has 66 heavy (non-hydrogen) atoms. The Morgan fingerprint density at radius 3 is 1.09 bits per heavy atom. The monoisotopic (exact) mass is 894 g/mol. The lowest BCUT2D eigenvalue weighted by Gasteiger charge is -2.39. The molecule has 0 aliphatic carbocycles. The van der Waals surface area contributed by atoms with Crippen molar-refractivity contribution in [1.29, 1.82) is 0 Å². The van der Waals surface area contributed by atoms with E-state index in [-0.39, 0.29) is 5.41 Å². The molecule has 0 radical (unpaired) electrons. The lowest BCUT2D eigenvalue weighted by atomic mass is 9.72. The summed E-state index contributed by atoms with van der Waals surface area (Å²) in [5.74, 6) is 0. The van der Waals surface area contributed by atoms with Crippen LogP contribution >= 0.6 is 0 Å². The number of nitrogens with zero attached hydrogens (tertiary/aromatic N) is 2. The Bertz CT molecular complexity index is 2910. The highest BCUT2D eigenvalue weighted by molar-refractivity contribution is 6.00. The van der Waals surface area contributed by atoms with E-state index in [1.54, 1.807) is 36.1 Å². The number of anilines is 6. The van der Waals surface area contributed by atoms with Gasteiger partial charge >= 0.3 is 12.4 Å². The van der Waals surface area contributed by atoms with Gasteiger partial charge in [0.25, 0.3) is 0 Å². The van der Waals surface area contributed by atoms with E-state index in [1.807, 2.05) is 121 Å². The maximum absolute atomic E-state index is 15.8. The Balaban J connectivity index is 1.25. The summed E-state index contributed by atoms with van der Waals surface area (Å²) in [5.41, 5.74) is -2.33. The van der Waals surface area contributed by atoms with Crippen molar-refractivity contribution < 1.29 is 31.4 Å². The fourth-order valence-corrected chi connectivity index (χ4v) is 9.23. The molecule has 0 amide bonds. The average Bonchev–Trinajstić information content (AvgIpc) is 3.30. The molecule has 8 rings (SSSR count). The minimum absolute atomic E-state index is 0.113. The van der Waals surface area contributed by atoms with Gasteiger partial charge in [0.2, 0.25) is 5.41 Å². The van der Waals surface area contributed by atoms with E-state index < -0.39 is 34.5 Å². The number of rotatable bonds is 13. The Hall–Kier alpha value is -6.58. The van der Waals surface area contributed by atoms with Crippen molar-refractivity contribution in [2.45, 2.75) is 82.7 Å². The van der Waals surface area contributed by atoms with Crippen LogP contribution in [0.3, 0.4) is 0 Å². The maximum atomic E-state index is 15.8. The molecule has 338 valence electrons. The smallest absolute Gasteiger partial charge is 0.385 e. The van der Waals surface area contributed by atoms with Crippen molar-refractivity contribution >= 4 is 55.7 Å². The molecule has 0 spiro atoms. The highest BCUT2D eigenvalue weighted by Crippen LogP contribution is 2.57. The van der Waals surface area contributed by atoms with Gasteiger partial charge in [-0.1, -0.05) is 155 Å². The van der Waals surface area contributed by atoms with Crippen LogP contribution in [-0.2, 0) is 16.4 Å². The van der Waals surface area contributed by atoms with Gasteiger partial charge in [-0.3, -0.25) is 0 Å². The minimum atomic E-state index is -5.80. The first-order valence-electron chi connectivity index (χ1n) is 22.2. The molecule has 1 atom stereocenters. The van der Waals surface area contributed by atoms with Gasteiger partial charge < -0.3 is 14.9 Å². The van der Waals surface area contributed by atoms with Crippen LogP contribution in [0.4, 0.5) is 60.5 Å². The SMILES string of the molecule is CCC[C@@](C)(O)c1ccc(N(c2ccc(C(c3ccc(N(c4ccc(C(C)(C)CC)cc4)c4cccc5ccccc45)cc3)(C(F)(F)F)C(F)(F)F)cc2)c2cccc3ccccc23)cc1. The molecule has 0 bridgehead atoms. The predicted molar refractivity (Wildman–Crippen MR) is 258 cm³/mol. The van der Waals surface area contributed by atoms with E-state index in [9.17, 15) is 5.11 Å².